The van der Waals surface area contributed by atoms with E-state index >= 15 is 0 Å². The van der Waals surface area contributed by atoms with Gasteiger partial charge in [-0.1, -0.05) is 0 Å². The average molecular weight is 342 g/mol. The molecule has 1 atom stereocenters. The molecule has 0 bridgehead atoms. The fourth-order valence-corrected chi connectivity index (χ4v) is 2.45. The average Bonchev–Trinajstić information content (AvgIpc) is 2.30. The SMILES string of the molecule is CC(O)(CO)CNS(=O)(=O)c1ccc(Br)c(F)c1. The van der Waals surface area contributed by atoms with Crippen LogP contribution in [-0.2, 0) is 10.0 Å². The molecule has 0 aromatic heterocycles. The second-order valence-electron chi connectivity index (χ2n) is 4.06. The lowest BCUT2D eigenvalue weighted by Gasteiger charge is -2.20. The van der Waals surface area contributed by atoms with Gasteiger partial charge in [0.1, 0.15) is 5.82 Å². The highest BCUT2D eigenvalue weighted by Crippen LogP contribution is 2.19. The second kappa shape index (κ2) is 5.62. The molecule has 0 saturated carbocycles. The van der Waals surface area contributed by atoms with Crippen molar-refractivity contribution in [3.8, 4) is 0 Å². The quantitative estimate of drug-likeness (QED) is 0.732. The van der Waals surface area contributed by atoms with Crippen molar-refractivity contribution in [2.45, 2.75) is 17.4 Å². The van der Waals surface area contributed by atoms with E-state index in [1.165, 1.54) is 19.1 Å². The van der Waals surface area contributed by atoms with Gasteiger partial charge in [-0.25, -0.2) is 17.5 Å². The fraction of sp³-hybridized carbons (Fsp3) is 0.400. The summed E-state index contributed by atoms with van der Waals surface area (Å²) in [4.78, 5) is -0.253. The van der Waals surface area contributed by atoms with Crippen LogP contribution in [0.15, 0.2) is 27.6 Å². The Morgan fingerprint density at radius 1 is 1.50 bits per heavy atom. The molecule has 1 aromatic carbocycles. The molecule has 5 nitrogen and oxygen atoms in total. The maximum absolute atomic E-state index is 13.2. The Morgan fingerprint density at radius 2 is 2.11 bits per heavy atom. The lowest BCUT2D eigenvalue weighted by Crippen LogP contribution is -2.43. The van der Waals surface area contributed by atoms with Gasteiger partial charge in [0.2, 0.25) is 10.0 Å². The van der Waals surface area contributed by atoms with Gasteiger partial charge in [-0.15, -0.1) is 0 Å². The van der Waals surface area contributed by atoms with E-state index in [2.05, 4.69) is 20.7 Å². The molecular weight excluding hydrogens is 329 g/mol. The van der Waals surface area contributed by atoms with Gasteiger partial charge in [-0.05, 0) is 41.1 Å². The predicted octanol–water partition coefficient (Wildman–Crippen LogP) is 0.610. The van der Waals surface area contributed by atoms with Gasteiger partial charge in [0.25, 0.3) is 0 Å². The Labute approximate surface area is 113 Å². The van der Waals surface area contributed by atoms with Gasteiger partial charge in [0.15, 0.2) is 0 Å². The van der Waals surface area contributed by atoms with Crippen molar-refractivity contribution in [2.75, 3.05) is 13.2 Å². The van der Waals surface area contributed by atoms with Crippen LogP contribution in [0.2, 0.25) is 0 Å². The van der Waals surface area contributed by atoms with Crippen LogP contribution in [0.4, 0.5) is 4.39 Å². The van der Waals surface area contributed by atoms with Gasteiger partial charge >= 0.3 is 0 Å². The molecule has 1 aromatic rings. The molecule has 102 valence electrons. The van der Waals surface area contributed by atoms with E-state index < -0.39 is 28.0 Å². The molecule has 0 heterocycles. The molecule has 0 saturated heterocycles. The molecule has 0 fully saturated rings. The van der Waals surface area contributed by atoms with Gasteiger partial charge < -0.3 is 10.2 Å². The summed E-state index contributed by atoms with van der Waals surface area (Å²) in [5, 5.41) is 18.3. The topological polar surface area (TPSA) is 86.6 Å². The standard InChI is InChI=1S/C10H13BrFNO4S/c1-10(15,6-14)5-13-18(16,17)7-2-3-8(11)9(12)4-7/h2-4,13-15H,5-6H2,1H3. The summed E-state index contributed by atoms with van der Waals surface area (Å²) in [5.74, 6) is -0.702. The number of nitrogens with one attached hydrogen (secondary N) is 1. The Morgan fingerprint density at radius 3 is 2.61 bits per heavy atom. The van der Waals surface area contributed by atoms with Crippen LogP contribution >= 0.6 is 15.9 Å². The number of aliphatic hydroxyl groups is 2. The van der Waals surface area contributed by atoms with Gasteiger partial charge in [0, 0.05) is 6.54 Å². The summed E-state index contributed by atoms with van der Waals surface area (Å²) in [6.45, 7) is 0.311. The predicted molar refractivity (Wildman–Crippen MR) is 67.0 cm³/mol. The summed E-state index contributed by atoms with van der Waals surface area (Å²) in [5.41, 5.74) is -1.57. The van der Waals surface area contributed by atoms with Crippen molar-refractivity contribution in [2.24, 2.45) is 0 Å². The lowest BCUT2D eigenvalue weighted by atomic mass is 10.1. The Hall–Kier alpha value is -0.540. The molecule has 8 heteroatoms. The summed E-state index contributed by atoms with van der Waals surface area (Å²) in [6, 6.07) is 3.36. The number of hydrogen-bond acceptors (Lipinski definition) is 4. The van der Waals surface area contributed by atoms with Crippen LogP contribution < -0.4 is 4.72 Å². The third kappa shape index (κ3) is 3.99. The summed E-state index contributed by atoms with van der Waals surface area (Å²) in [6.07, 6.45) is 0. The first-order valence-corrected chi connectivity index (χ1v) is 7.23. The Bertz CT molecular complexity index is 533. The van der Waals surface area contributed by atoms with Crippen molar-refractivity contribution in [1.82, 2.24) is 4.72 Å². The van der Waals surface area contributed by atoms with Crippen LogP contribution in [0.3, 0.4) is 0 Å². The minimum absolute atomic E-state index is 0.156. The van der Waals surface area contributed by atoms with Crippen molar-refractivity contribution in [3.63, 3.8) is 0 Å². The highest BCUT2D eigenvalue weighted by Gasteiger charge is 2.23. The number of sulfonamides is 1. The highest BCUT2D eigenvalue weighted by molar-refractivity contribution is 9.10. The molecule has 0 aliphatic carbocycles. The maximum atomic E-state index is 13.2. The highest BCUT2D eigenvalue weighted by atomic mass is 79.9. The molecule has 0 amide bonds. The van der Waals surface area contributed by atoms with Crippen LogP contribution in [0.5, 0.6) is 0 Å². The second-order valence-corrected chi connectivity index (χ2v) is 6.68. The first-order chi connectivity index (χ1) is 8.18. The first-order valence-electron chi connectivity index (χ1n) is 4.96. The minimum atomic E-state index is -3.92. The Balaban J connectivity index is 2.90. The number of benzene rings is 1. The molecule has 0 spiro atoms. The van der Waals surface area contributed by atoms with E-state index in [0.717, 1.165) is 6.07 Å². The molecule has 18 heavy (non-hydrogen) atoms. The van der Waals surface area contributed by atoms with Gasteiger partial charge in [0.05, 0.1) is 21.6 Å². The maximum Gasteiger partial charge on any atom is 0.240 e. The number of halogens is 2. The largest absolute Gasteiger partial charge is 0.393 e. The van der Waals surface area contributed by atoms with E-state index in [4.69, 9.17) is 5.11 Å². The molecule has 0 aliphatic rings. The summed E-state index contributed by atoms with van der Waals surface area (Å²) in [7, 11) is -3.92. The number of hydrogen-bond donors (Lipinski definition) is 3. The van der Waals surface area contributed by atoms with Crippen LogP contribution in [-0.4, -0.2) is 37.4 Å². The molecule has 0 radical (unpaired) electrons. The van der Waals surface area contributed by atoms with Crippen molar-refractivity contribution in [3.05, 3.63) is 28.5 Å². The smallest absolute Gasteiger partial charge is 0.240 e. The molecular formula is C10H13BrFNO4S. The van der Waals surface area contributed by atoms with Crippen molar-refractivity contribution < 1.29 is 23.0 Å². The van der Waals surface area contributed by atoms with Crippen molar-refractivity contribution in [1.29, 1.82) is 0 Å². The third-order valence-electron chi connectivity index (χ3n) is 2.19. The van der Waals surface area contributed by atoms with Crippen LogP contribution in [0.25, 0.3) is 0 Å². The zero-order valence-electron chi connectivity index (χ0n) is 9.52. The number of aliphatic hydroxyl groups excluding tert-OH is 1. The fourth-order valence-electron chi connectivity index (χ4n) is 1.03. The van der Waals surface area contributed by atoms with E-state index in [-0.39, 0.29) is 15.9 Å². The van der Waals surface area contributed by atoms with Crippen LogP contribution in [0.1, 0.15) is 6.92 Å². The monoisotopic (exact) mass is 341 g/mol. The third-order valence-corrected chi connectivity index (χ3v) is 4.23. The van der Waals surface area contributed by atoms with Gasteiger partial charge in [-0.2, -0.15) is 0 Å². The molecule has 1 rings (SSSR count). The normalized spacial score (nSPS) is 15.4. The van der Waals surface area contributed by atoms with E-state index in [1.54, 1.807) is 0 Å². The summed E-state index contributed by atoms with van der Waals surface area (Å²) >= 11 is 2.91. The lowest BCUT2D eigenvalue weighted by molar-refractivity contribution is 0.00681. The molecule has 3 N–H and O–H groups in total. The molecule has 0 aliphatic heterocycles. The van der Waals surface area contributed by atoms with E-state index in [9.17, 15) is 17.9 Å². The zero-order valence-corrected chi connectivity index (χ0v) is 11.9. The summed E-state index contributed by atoms with van der Waals surface area (Å²) < 4.78 is 39.0. The Kier molecular flexibility index (Phi) is 4.84. The van der Waals surface area contributed by atoms with E-state index in [0.29, 0.717) is 0 Å². The zero-order chi connectivity index (χ0) is 14.0. The van der Waals surface area contributed by atoms with Crippen molar-refractivity contribution >= 4 is 26.0 Å². The van der Waals surface area contributed by atoms with Crippen LogP contribution in [0, 0.1) is 5.82 Å². The number of rotatable bonds is 5. The molecule has 1 unspecified atom stereocenters. The minimum Gasteiger partial charge on any atom is -0.393 e. The van der Waals surface area contributed by atoms with E-state index in [1.807, 2.05) is 0 Å². The first kappa shape index (κ1) is 15.5. The van der Waals surface area contributed by atoms with Gasteiger partial charge in [-0.3, -0.25) is 0 Å².